The molecule has 0 saturated carbocycles. The fourth-order valence-corrected chi connectivity index (χ4v) is 2.03. The Balaban J connectivity index is 2.04. The van der Waals surface area contributed by atoms with Gasteiger partial charge in [-0.3, -0.25) is 10.2 Å². The van der Waals surface area contributed by atoms with Gasteiger partial charge in [0.05, 0.1) is 6.61 Å². The minimum absolute atomic E-state index is 0.280. The van der Waals surface area contributed by atoms with E-state index < -0.39 is 12.2 Å². The first-order valence-corrected chi connectivity index (χ1v) is 7.55. The third kappa shape index (κ3) is 4.74. The number of nitrogens with one attached hydrogen (secondary N) is 1. The van der Waals surface area contributed by atoms with Crippen molar-refractivity contribution in [2.45, 2.75) is 13.8 Å². The maximum Gasteiger partial charge on any atom is 0.419 e. The average Bonchev–Trinajstić information content (AvgIpc) is 2.54. The van der Waals surface area contributed by atoms with E-state index in [0.29, 0.717) is 11.4 Å². The predicted molar refractivity (Wildman–Crippen MR) is 92.7 cm³/mol. The number of hydrogen-bond acceptors (Lipinski definition) is 4. The van der Waals surface area contributed by atoms with Gasteiger partial charge in [-0.1, -0.05) is 18.2 Å². The molecule has 0 fully saturated rings. The van der Waals surface area contributed by atoms with Gasteiger partial charge in [-0.25, -0.2) is 9.59 Å². The van der Waals surface area contributed by atoms with Crippen LogP contribution in [0.3, 0.4) is 0 Å². The first kappa shape index (κ1) is 17.3. The second kappa shape index (κ2) is 8.01. The van der Waals surface area contributed by atoms with Crippen LogP contribution in [0.1, 0.15) is 12.5 Å². The van der Waals surface area contributed by atoms with E-state index in [1.54, 1.807) is 38.2 Å². The molecule has 0 radical (unpaired) electrons. The van der Waals surface area contributed by atoms with Gasteiger partial charge in [-0.15, -0.1) is 0 Å². The molecule has 2 aromatic rings. The lowest BCUT2D eigenvalue weighted by Gasteiger charge is -2.17. The lowest BCUT2D eigenvalue weighted by atomic mass is 10.2. The summed E-state index contributed by atoms with van der Waals surface area (Å²) in [6.45, 7) is 3.95. The molecule has 2 rings (SSSR count). The fraction of sp³-hybridized carbons (Fsp3) is 0.222. The van der Waals surface area contributed by atoms with Crippen molar-refractivity contribution < 1.29 is 19.1 Å². The van der Waals surface area contributed by atoms with Crippen molar-refractivity contribution in [3.63, 3.8) is 0 Å². The Morgan fingerprint density at radius 2 is 1.88 bits per heavy atom. The summed E-state index contributed by atoms with van der Waals surface area (Å²) in [7, 11) is 1.64. The number of nitrogens with zero attached hydrogens (tertiary/aromatic N) is 1. The van der Waals surface area contributed by atoms with Crippen molar-refractivity contribution in [2.24, 2.45) is 0 Å². The zero-order chi connectivity index (χ0) is 17.5. The Kier molecular flexibility index (Phi) is 5.78. The molecule has 2 aromatic carbocycles. The molecule has 0 aliphatic rings. The Morgan fingerprint density at radius 1 is 1.12 bits per heavy atom. The predicted octanol–water partition coefficient (Wildman–Crippen LogP) is 4.20. The Morgan fingerprint density at radius 3 is 2.58 bits per heavy atom. The Bertz CT molecular complexity index is 730. The summed E-state index contributed by atoms with van der Waals surface area (Å²) in [5, 5.41) is 2.56. The van der Waals surface area contributed by atoms with E-state index in [0.717, 1.165) is 11.3 Å². The van der Waals surface area contributed by atoms with Gasteiger partial charge in [0.2, 0.25) is 0 Å². The Labute approximate surface area is 141 Å². The molecule has 0 heterocycles. The summed E-state index contributed by atoms with van der Waals surface area (Å²) in [6, 6.07) is 14.1. The van der Waals surface area contributed by atoms with Gasteiger partial charge in [-0.05, 0) is 43.7 Å². The Hall–Kier alpha value is -3.02. The third-order valence-corrected chi connectivity index (χ3v) is 3.22. The van der Waals surface area contributed by atoms with Crippen molar-refractivity contribution in [3.05, 3.63) is 54.1 Å². The van der Waals surface area contributed by atoms with Gasteiger partial charge < -0.3 is 9.47 Å². The molecule has 0 aliphatic heterocycles. The molecule has 0 atom stereocenters. The number of benzene rings is 2. The van der Waals surface area contributed by atoms with Crippen LogP contribution in [-0.2, 0) is 4.74 Å². The summed E-state index contributed by atoms with van der Waals surface area (Å²) in [5.41, 5.74) is 2.27. The molecule has 24 heavy (non-hydrogen) atoms. The van der Waals surface area contributed by atoms with Crippen molar-refractivity contribution in [1.82, 2.24) is 0 Å². The number of carbonyl (C=O) groups excluding carboxylic acids is 2. The van der Waals surface area contributed by atoms with Crippen LogP contribution in [-0.4, -0.2) is 25.8 Å². The standard InChI is InChI=1S/C18H20N2O4/c1-4-23-17(21)19-14-8-6-10-16(12-14)24-18(22)20(3)15-9-5-7-13(2)11-15/h5-12H,4H2,1-3H3,(H,19,21). The molecule has 0 bridgehead atoms. The highest BCUT2D eigenvalue weighted by Crippen LogP contribution is 2.20. The lowest BCUT2D eigenvalue weighted by molar-refractivity contribution is 0.168. The molecule has 1 N–H and O–H groups in total. The van der Waals surface area contributed by atoms with Crippen LogP contribution < -0.4 is 15.0 Å². The molecule has 0 spiro atoms. The number of anilines is 2. The van der Waals surface area contributed by atoms with E-state index in [1.165, 1.54) is 4.90 Å². The maximum atomic E-state index is 12.3. The summed E-state index contributed by atoms with van der Waals surface area (Å²) >= 11 is 0. The van der Waals surface area contributed by atoms with E-state index >= 15 is 0 Å². The fourth-order valence-electron chi connectivity index (χ4n) is 2.03. The highest BCUT2D eigenvalue weighted by atomic mass is 16.6. The SMILES string of the molecule is CCOC(=O)Nc1cccc(OC(=O)N(C)c2cccc(C)c2)c1. The van der Waals surface area contributed by atoms with Crippen molar-refractivity contribution >= 4 is 23.6 Å². The van der Waals surface area contributed by atoms with Gasteiger partial charge in [-0.2, -0.15) is 0 Å². The van der Waals surface area contributed by atoms with Crippen LogP contribution in [0.4, 0.5) is 21.0 Å². The minimum atomic E-state index is -0.558. The van der Waals surface area contributed by atoms with Crippen molar-refractivity contribution in [1.29, 1.82) is 0 Å². The molecule has 0 aliphatic carbocycles. The van der Waals surface area contributed by atoms with Gasteiger partial charge in [0, 0.05) is 24.5 Å². The maximum absolute atomic E-state index is 12.3. The molecule has 0 unspecified atom stereocenters. The second-order valence-corrected chi connectivity index (χ2v) is 5.14. The third-order valence-electron chi connectivity index (χ3n) is 3.22. The summed E-state index contributed by atoms with van der Waals surface area (Å²) in [6.07, 6.45) is -1.08. The van der Waals surface area contributed by atoms with Gasteiger partial charge in [0.25, 0.3) is 0 Å². The largest absolute Gasteiger partial charge is 0.450 e. The number of ether oxygens (including phenoxy) is 2. The molecule has 6 heteroatoms. The first-order valence-electron chi connectivity index (χ1n) is 7.55. The van der Waals surface area contributed by atoms with Crippen molar-refractivity contribution in [2.75, 3.05) is 23.9 Å². The van der Waals surface area contributed by atoms with E-state index in [-0.39, 0.29) is 6.61 Å². The van der Waals surface area contributed by atoms with Crippen molar-refractivity contribution in [3.8, 4) is 5.75 Å². The summed E-state index contributed by atoms with van der Waals surface area (Å²) in [4.78, 5) is 25.1. The lowest BCUT2D eigenvalue weighted by Crippen LogP contribution is -2.29. The highest BCUT2D eigenvalue weighted by molar-refractivity contribution is 5.89. The van der Waals surface area contributed by atoms with E-state index in [9.17, 15) is 9.59 Å². The van der Waals surface area contributed by atoms with Crippen LogP contribution in [0.15, 0.2) is 48.5 Å². The molecule has 2 amide bonds. The summed E-state index contributed by atoms with van der Waals surface area (Å²) in [5.74, 6) is 0.328. The highest BCUT2D eigenvalue weighted by Gasteiger charge is 2.14. The van der Waals surface area contributed by atoms with Crippen LogP contribution in [0.2, 0.25) is 0 Å². The zero-order valence-electron chi connectivity index (χ0n) is 13.9. The van der Waals surface area contributed by atoms with Crippen LogP contribution in [0.25, 0.3) is 0 Å². The van der Waals surface area contributed by atoms with Gasteiger partial charge in [0.15, 0.2) is 0 Å². The average molecular weight is 328 g/mol. The second-order valence-electron chi connectivity index (χ2n) is 5.14. The molecule has 0 saturated heterocycles. The topological polar surface area (TPSA) is 67.9 Å². The van der Waals surface area contributed by atoms with E-state index in [4.69, 9.17) is 9.47 Å². The smallest absolute Gasteiger partial charge is 0.419 e. The molecule has 6 nitrogen and oxygen atoms in total. The zero-order valence-corrected chi connectivity index (χ0v) is 13.9. The van der Waals surface area contributed by atoms with Crippen LogP contribution >= 0.6 is 0 Å². The van der Waals surface area contributed by atoms with E-state index in [1.807, 2.05) is 31.2 Å². The van der Waals surface area contributed by atoms with Crippen LogP contribution in [0.5, 0.6) is 5.75 Å². The molecular weight excluding hydrogens is 308 g/mol. The molecule has 126 valence electrons. The monoisotopic (exact) mass is 328 g/mol. The number of rotatable bonds is 4. The number of hydrogen-bond donors (Lipinski definition) is 1. The molecular formula is C18H20N2O4. The number of carbonyl (C=O) groups is 2. The molecule has 0 aromatic heterocycles. The van der Waals surface area contributed by atoms with Crippen LogP contribution in [0, 0.1) is 6.92 Å². The van der Waals surface area contributed by atoms with Gasteiger partial charge in [0.1, 0.15) is 5.75 Å². The summed E-state index contributed by atoms with van der Waals surface area (Å²) < 4.78 is 10.2. The minimum Gasteiger partial charge on any atom is -0.450 e. The normalized spacial score (nSPS) is 9.96. The number of amides is 2. The quantitative estimate of drug-likeness (QED) is 0.913. The first-order chi connectivity index (χ1) is 11.5. The number of aryl methyl sites for hydroxylation is 1. The van der Waals surface area contributed by atoms with Gasteiger partial charge >= 0.3 is 12.2 Å². The van der Waals surface area contributed by atoms with E-state index in [2.05, 4.69) is 5.32 Å².